The van der Waals surface area contributed by atoms with Crippen molar-refractivity contribution in [3.8, 4) is 0 Å². The second-order valence-corrected chi connectivity index (χ2v) is 7.29. The summed E-state index contributed by atoms with van der Waals surface area (Å²) in [5.41, 5.74) is 3.94. The molecule has 3 aromatic rings. The van der Waals surface area contributed by atoms with E-state index in [0.29, 0.717) is 17.9 Å². The van der Waals surface area contributed by atoms with Gasteiger partial charge in [0, 0.05) is 25.2 Å². The zero-order valence-corrected chi connectivity index (χ0v) is 17.5. The number of carbonyl (C=O) groups is 2. The van der Waals surface area contributed by atoms with E-state index < -0.39 is 0 Å². The molecule has 0 atom stereocenters. The Morgan fingerprint density at radius 1 is 1.00 bits per heavy atom. The third-order valence-corrected chi connectivity index (χ3v) is 5.00. The van der Waals surface area contributed by atoms with Crippen LogP contribution in [-0.4, -0.2) is 30.3 Å². The van der Waals surface area contributed by atoms with Gasteiger partial charge < -0.3 is 14.6 Å². The average molecular weight is 402 g/mol. The fourth-order valence-electron chi connectivity index (χ4n) is 2.99. The smallest absolute Gasteiger partial charge is 0.270 e. The minimum Gasteiger partial charge on any atom is -0.465 e. The fourth-order valence-corrected chi connectivity index (χ4v) is 2.99. The van der Waals surface area contributed by atoms with Crippen LogP contribution in [0.3, 0.4) is 0 Å². The van der Waals surface area contributed by atoms with Crippen molar-refractivity contribution in [2.75, 3.05) is 13.6 Å². The molecule has 154 valence electrons. The molecule has 0 spiro atoms. The van der Waals surface area contributed by atoms with E-state index in [4.69, 9.17) is 4.42 Å². The largest absolute Gasteiger partial charge is 0.465 e. The molecule has 0 aliphatic carbocycles. The summed E-state index contributed by atoms with van der Waals surface area (Å²) in [4.78, 5) is 27.5. The molecule has 0 saturated carbocycles. The lowest BCUT2D eigenvalue weighted by Crippen LogP contribution is -2.37. The summed E-state index contributed by atoms with van der Waals surface area (Å²) in [6, 6.07) is 18.9. The summed E-state index contributed by atoms with van der Waals surface area (Å²) in [5.74, 6) is -0.115. The maximum Gasteiger partial charge on any atom is 0.270 e. The minimum atomic E-state index is -0.333. The summed E-state index contributed by atoms with van der Waals surface area (Å²) in [6.07, 6.45) is 3.81. The van der Waals surface area contributed by atoms with Gasteiger partial charge in [0.05, 0.1) is 6.26 Å². The highest BCUT2D eigenvalue weighted by Gasteiger charge is 2.19. The number of carbonyl (C=O) groups excluding carboxylic acids is 2. The minimum absolute atomic E-state index is 0.170. The second-order valence-electron chi connectivity index (χ2n) is 7.29. The predicted octanol–water partition coefficient (Wildman–Crippen LogP) is 4.37. The first-order valence-corrected chi connectivity index (χ1v) is 9.87. The monoisotopic (exact) mass is 402 g/mol. The Kier molecular flexibility index (Phi) is 6.86. The number of hydrogen-bond acceptors (Lipinski definition) is 3. The number of nitrogens with one attached hydrogen (secondary N) is 1. The lowest BCUT2D eigenvalue weighted by Gasteiger charge is -2.19. The van der Waals surface area contributed by atoms with Crippen LogP contribution in [0.2, 0.25) is 0 Å². The van der Waals surface area contributed by atoms with E-state index in [2.05, 4.69) is 5.32 Å². The van der Waals surface area contributed by atoms with Gasteiger partial charge in [-0.2, -0.15) is 0 Å². The van der Waals surface area contributed by atoms with Crippen LogP contribution >= 0.6 is 0 Å². The van der Waals surface area contributed by atoms with E-state index in [9.17, 15) is 9.59 Å². The third kappa shape index (κ3) is 5.47. The van der Waals surface area contributed by atoms with Gasteiger partial charge in [-0.3, -0.25) is 9.59 Å². The Bertz CT molecular complexity index is 1040. The first-order chi connectivity index (χ1) is 14.4. The van der Waals surface area contributed by atoms with Crippen molar-refractivity contribution in [2.45, 2.75) is 20.3 Å². The van der Waals surface area contributed by atoms with E-state index in [-0.39, 0.29) is 17.5 Å². The van der Waals surface area contributed by atoms with Crippen LogP contribution in [0.15, 0.2) is 77.0 Å². The maximum atomic E-state index is 13.1. The van der Waals surface area contributed by atoms with Gasteiger partial charge in [0.25, 0.3) is 11.8 Å². The normalized spacial score (nSPS) is 11.2. The molecule has 5 nitrogen and oxygen atoms in total. The number of aryl methyl sites for hydroxylation is 2. The molecule has 0 aliphatic heterocycles. The zero-order valence-electron chi connectivity index (χ0n) is 17.5. The van der Waals surface area contributed by atoms with Crippen LogP contribution in [0, 0.1) is 13.8 Å². The molecule has 1 aromatic heterocycles. The first-order valence-electron chi connectivity index (χ1n) is 9.87. The summed E-state index contributed by atoms with van der Waals surface area (Å²) in [6.45, 7) is 4.47. The molecule has 1 N–H and O–H groups in total. The number of likely N-dealkylation sites (N-methyl/N-ethyl adjacent to an activating group) is 1. The maximum absolute atomic E-state index is 13.1. The van der Waals surface area contributed by atoms with E-state index >= 15 is 0 Å². The molecule has 1 heterocycles. The molecule has 0 aliphatic rings. The molecule has 0 saturated heterocycles. The van der Waals surface area contributed by atoms with Gasteiger partial charge in [-0.15, -0.1) is 0 Å². The summed E-state index contributed by atoms with van der Waals surface area (Å²) < 4.78 is 5.35. The summed E-state index contributed by atoms with van der Waals surface area (Å²) in [5, 5.41) is 2.77. The van der Waals surface area contributed by atoms with Gasteiger partial charge in [0.2, 0.25) is 0 Å². The number of nitrogens with zero attached hydrogens (tertiary/aromatic N) is 1. The van der Waals surface area contributed by atoms with Crippen molar-refractivity contribution < 1.29 is 14.0 Å². The average Bonchev–Trinajstić information content (AvgIpc) is 3.26. The van der Waals surface area contributed by atoms with Crippen molar-refractivity contribution in [1.29, 1.82) is 0 Å². The lowest BCUT2D eigenvalue weighted by molar-refractivity contribution is -0.126. The van der Waals surface area contributed by atoms with Gasteiger partial charge >= 0.3 is 0 Å². The topological polar surface area (TPSA) is 62.6 Å². The number of benzene rings is 2. The number of amides is 2. The molecular formula is C25H26N2O3. The SMILES string of the molecule is Cc1ccc(C(=O)NC(=Cc2ccco2)C(=O)N(C)CCc2ccccc2)cc1C. The van der Waals surface area contributed by atoms with Crippen LogP contribution in [0.5, 0.6) is 0 Å². The highest BCUT2D eigenvalue weighted by atomic mass is 16.3. The van der Waals surface area contributed by atoms with E-state index in [1.165, 1.54) is 6.26 Å². The summed E-state index contributed by atoms with van der Waals surface area (Å²) in [7, 11) is 1.73. The highest BCUT2D eigenvalue weighted by molar-refractivity contribution is 6.05. The van der Waals surface area contributed by atoms with Crippen molar-refractivity contribution in [2.24, 2.45) is 0 Å². The fraction of sp³-hybridized carbons (Fsp3) is 0.200. The van der Waals surface area contributed by atoms with E-state index in [1.54, 1.807) is 36.2 Å². The van der Waals surface area contributed by atoms with Crippen LogP contribution in [-0.2, 0) is 11.2 Å². The van der Waals surface area contributed by atoms with Crippen molar-refractivity contribution in [1.82, 2.24) is 10.2 Å². The molecule has 2 aromatic carbocycles. The molecule has 2 amide bonds. The van der Waals surface area contributed by atoms with Crippen molar-refractivity contribution in [3.63, 3.8) is 0 Å². The van der Waals surface area contributed by atoms with Crippen molar-refractivity contribution >= 4 is 17.9 Å². The van der Waals surface area contributed by atoms with E-state index in [1.807, 2.05) is 56.3 Å². The third-order valence-electron chi connectivity index (χ3n) is 5.00. The molecule has 0 radical (unpaired) electrons. The van der Waals surface area contributed by atoms with Gasteiger partial charge in [-0.05, 0) is 61.2 Å². The highest BCUT2D eigenvalue weighted by Crippen LogP contribution is 2.13. The van der Waals surface area contributed by atoms with Crippen LogP contribution in [0.1, 0.15) is 32.8 Å². The Morgan fingerprint density at radius 2 is 1.77 bits per heavy atom. The summed E-state index contributed by atoms with van der Waals surface area (Å²) >= 11 is 0. The Hall–Kier alpha value is -3.60. The number of furan rings is 1. The molecular weight excluding hydrogens is 376 g/mol. The second kappa shape index (κ2) is 9.74. The molecule has 0 unspecified atom stereocenters. The molecule has 0 fully saturated rings. The van der Waals surface area contributed by atoms with Crippen LogP contribution in [0.25, 0.3) is 6.08 Å². The first kappa shape index (κ1) is 21.1. The van der Waals surface area contributed by atoms with Crippen molar-refractivity contribution in [3.05, 3.63) is 101 Å². The Morgan fingerprint density at radius 3 is 2.43 bits per heavy atom. The van der Waals surface area contributed by atoms with Crippen LogP contribution in [0.4, 0.5) is 0 Å². The van der Waals surface area contributed by atoms with Gasteiger partial charge in [0.15, 0.2) is 0 Å². The van der Waals surface area contributed by atoms with Gasteiger partial charge in [-0.1, -0.05) is 36.4 Å². The van der Waals surface area contributed by atoms with Gasteiger partial charge in [0.1, 0.15) is 11.5 Å². The standard InChI is InChI=1S/C25H26N2O3/c1-18-11-12-21(16-19(18)2)24(28)26-23(17-22-10-7-15-30-22)25(29)27(3)14-13-20-8-5-4-6-9-20/h4-12,15-17H,13-14H2,1-3H3,(H,26,28). The zero-order chi connectivity index (χ0) is 21.5. The Balaban J connectivity index is 1.77. The molecule has 5 heteroatoms. The molecule has 3 rings (SSSR count). The van der Waals surface area contributed by atoms with Gasteiger partial charge in [-0.25, -0.2) is 0 Å². The number of rotatable bonds is 7. The quantitative estimate of drug-likeness (QED) is 0.597. The van der Waals surface area contributed by atoms with Crippen LogP contribution < -0.4 is 5.32 Å². The Labute approximate surface area is 177 Å². The molecule has 30 heavy (non-hydrogen) atoms. The number of hydrogen-bond donors (Lipinski definition) is 1. The molecule has 0 bridgehead atoms. The lowest BCUT2D eigenvalue weighted by atomic mass is 10.1. The predicted molar refractivity (Wildman–Crippen MR) is 118 cm³/mol. The van der Waals surface area contributed by atoms with E-state index in [0.717, 1.165) is 23.1 Å².